The maximum atomic E-state index is 12.3. The molecule has 0 aliphatic carbocycles. The Morgan fingerprint density at radius 3 is 0.852 bits per heavy atom. The molecule has 0 aliphatic rings. The van der Waals surface area contributed by atoms with Gasteiger partial charge in [0.1, 0.15) is 46.3 Å². The fourth-order valence-corrected chi connectivity index (χ4v) is 9.36. The minimum atomic E-state index is -0.306. The highest BCUT2D eigenvalue weighted by atomic mass is 16.2. The predicted molar refractivity (Wildman–Crippen MR) is 343 cm³/mol. The van der Waals surface area contributed by atoms with E-state index in [9.17, 15) is 38.4 Å². The number of Topliss-reactive ketones (excluding diaryl/α,β-unsaturated/α-hetero) is 8. The van der Waals surface area contributed by atoms with Gasteiger partial charge >= 0.3 is 0 Å². The summed E-state index contributed by atoms with van der Waals surface area (Å²) in [6, 6.07) is -0.702. The maximum absolute atomic E-state index is 12.3. The van der Waals surface area contributed by atoms with E-state index >= 15 is 0 Å². The lowest BCUT2D eigenvalue weighted by atomic mass is 9.98. The van der Waals surface area contributed by atoms with Gasteiger partial charge in [0.05, 0.1) is 18.1 Å². The maximum Gasteiger partial charge on any atom is 0.150 e. The van der Waals surface area contributed by atoms with Crippen LogP contribution in [0.25, 0.3) is 0 Å². The Hall–Kier alpha value is -2.88. The van der Waals surface area contributed by atoms with Gasteiger partial charge in [-0.3, -0.25) is 28.8 Å². The van der Waals surface area contributed by atoms with Crippen molar-refractivity contribution in [1.29, 1.82) is 0 Å². The summed E-state index contributed by atoms with van der Waals surface area (Å²) in [6.45, 7) is 18.1. The van der Waals surface area contributed by atoms with Crippen LogP contribution in [0.4, 0.5) is 0 Å². The summed E-state index contributed by atoms with van der Waals surface area (Å²) in [5.74, 6) is 1.05. The van der Waals surface area contributed by atoms with Gasteiger partial charge in [-0.2, -0.15) is 0 Å². The molecule has 0 amide bonds. The first kappa shape index (κ1) is 84.6. The van der Waals surface area contributed by atoms with Crippen LogP contribution >= 0.6 is 0 Å². The second-order valence-electron chi connectivity index (χ2n) is 22.7. The zero-order valence-electron chi connectivity index (χ0n) is 53.5. The molecule has 0 bridgehead atoms. The minimum Gasteiger partial charge on any atom is -0.317 e. The minimum absolute atomic E-state index is 0. The summed E-state index contributed by atoms with van der Waals surface area (Å²) < 4.78 is 0. The van der Waals surface area contributed by atoms with E-state index in [1.54, 1.807) is 28.1 Å². The van der Waals surface area contributed by atoms with Crippen molar-refractivity contribution >= 4 is 46.3 Å². The average molecular weight is 1150 g/mol. The first-order valence-electron chi connectivity index (χ1n) is 32.9. The second kappa shape index (κ2) is 66.3. The van der Waals surface area contributed by atoms with E-state index in [1.165, 1.54) is 149 Å². The first-order valence-corrected chi connectivity index (χ1v) is 32.9. The lowest BCUT2D eigenvalue weighted by Gasteiger charge is -2.14. The van der Waals surface area contributed by atoms with Crippen molar-refractivity contribution in [2.75, 3.05) is 60.4 Å². The topological polar surface area (TPSA) is 209 Å². The standard InChI is InChI=1S/2C23H44N2O3.C20H40N2O2.CH4/c1-4-5-18-25-19-12-10-8-6-7-9-11-13-21(27)15-16-22(24-3)23(28)17-14-20(2)26;1-4-5-18-25-19-12-10-8-6-7-9-11-13-23(28)22(24-3)17-16-21(27)15-14-20(2)26;1-4-5-16-22-17-12-10-8-6-7-9-11-13-19(24)14-15-20(21-3)18(2)23;/h2*22,24-25H,4-19H2,1-3H3;20-22H,4-17H2,1-3H3;1H4. The van der Waals surface area contributed by atoms with E-state index in [4.69, 9.17) is 0 Å². The highest BCUT2D eigenvalue weighted by Gasteiger charge is 2.19. The lowest BCUT2D eigenvalue weighted by molar-refractivity contribution is -0.125. The molecule has 0 saturated heterocycles. The normalized spacial score (nSPS) is 12.0. The number of ketones is 8. The Balaban J connectivity index is -0.000000548. The molecule has 0 saturated carbocycles. The van der Waals surface area contributed by atoms with Gasteiger partial charge in [-0.25, -0.2) is 0 Å². The summed E-state index contributed by atoms with van der Waals surface area (Å²) in [6.07, 6.45) is 39.0. The Morgan fingerprint density at radius 1 is 0.284 bits per heavy atom. The van der Waals surface area contributed by atoms with Gasteiger partial charge < -0.3 is 41.5 Å². The van der Waals surface area contributed by atoms with E-state index in [0.29, 0.717) is 82.8 Å². The van der Waals surface area contributed by atoms with E-state index < -0.39 is 0 Å². The fourth-order valence-electron chi connectivity index (χ4n) is 9.36. The zero-order chi connectivity index (χ0) is 60.1. The van der Waals surface area contributed by atoms with Crippen LogP contribution in [0.15, 0.2) is 0 Å². The predicted octanol–water partition coefficient (Wildman–Crippen LogP) is 13.4. The summed E-state index contributed by atoms with van der Waals surface area (Å²) in [4.78, 5) is 93.2. The van der Waals surface area contributed by atoms with Crippen LogP contribution in [-0.4, -0.2) is 125 Å². The molecular weight excluding hydrogens is 1020 g/mol. The number of nitrogens with one attached hydrogen (secondary N) is 6. The van der Waals surface area contributed by atoms with Gasteiger partial charge in [0.15, 0.2) is 0 Å². The van der Waals surface area contributed by atoms with Gasteiger partial charge in [-0.15, -0.1) is 0 Å². The Morgan fingerprint density at radius 2 is 0.543 bits per heavy atom. The Kier molecular flexibility index (Phi) is 69.2. The fraction of sp³-hybridized carbons (Fsp3) is 0.881. The smallest absolute Gasteiger partial charge is 0.150 e. The number of likely N-dealkylation sites (N-methyl/N-ethyl adjacent to an activating group) is 3. The van der Waals surface area contributed by atoms with Gasteiger partial charge in [-0.1, -0.05) is 144 Å². The second-order valence-corrected chi connectivity index (χ2v) is 22.7. The van der Waals surface area contributed by atoms with Gasteiger partial charge in [0.25, 0.3) is 0 Å². The number of rotatable bonds is 60. The molecule has 6 N–H and O–H groups in total. The highest BCUT2D eigenvalue weighted by molar-refractivity contribution is 5.89. The van der Waals surface area contributed by atoms with Crippen LogP contribution in [-0.2, 0) is 38.4 Å². The molecule has 3 unspecified atom stereocenters. The van der Waals surface area contributed by atoms with Crippen LogP contribution in [0.2, 0.25) is 0 Å². The molecule has 3 atom stereocenters. The summed E-state index contributed by atoms with van der Waals surface area (Å²) in [5, 5.41) is 19.4. The molecule has 14 heteroatoms. The van der Waals surface area contributed by atoms with Crippen molar-refractivity contribution < 1.29 is 38.4 Å². The van der Waals surface area contributed by atoms with Gasteiger partial charge in [-0.05, 0) is 158 Å². The quantitative estimate of drug-likeness (QED) is 0.0313. The van der Waals surface area contributed by atoms with Crippen molar-refractivity contribution in [1.82, 2.24) is 31.9 Å². The molecule has 0 aromatic heterocycles. The van der Waals surface area contributed by atoms with Crippen LogP contribution in [0.5, 0.6) is 0 Å². The van der Waals surface area contributed by atoms with Crippen LogP contribution in [0, 0.1) is 0 Å². The zero-order valence-corrected chi connectivity index (χ0v) is 53.5. The third kappa shape index (κ3) is 64.5. The molecule has 0 rings (SSSR count). The van der Waals surface area contributed by atoms with Crippen LogP contribution < -0.4 is 31.9 Å². The third-order valence-corrected chi connectivity index (χ3v) is 14.9. The van der Waals surface area contributed by atoms with E-state index in [-0.39, 0.29) is 72.5 Å². The number of carbonyl (C=O) groups excluding carboxylic acids is 8. The first-order chi connectivity index (χ1) is 38.6. The van der Waals surface area contributed by atoms with Crippen molar-refractivity contribution in [3.05, 3.63) is 0 Å². The molecule has 0 spiro atoms. The monoisotopic (exact) mass is 1150 g/mol. The molecule has 81 heavy (non-hydrogen) atoms. The summed E-state index contributed by atoms with van der Waals surface area (Å²) >= 11 is 0. The van der Waals surface area contributed by atoms with E-state index in [1.807, 2.05) is 0 Å². The van der Waals surface area contributed by atoms with Crippen LogP contribution in [0.3, 0.4) is 0 Å². The van der Waals surface area contributed by atoms with Gasteiger partial charge in [0, 0.05) is 64.2 Å². The van der Waals surface area contributed by atoms with E-state index in [2.05, 4.69) is 52.7 Å². The molecule has 0 aromatic rings. The van der Waals surface area contributed by atoms with Crippen LogP contribution in [0.1, 0.15) is 306 Å². The largest absolute Gasteiger partial charge is 0.317 e. The number of carbonyl (C=O) groups is 8. The Bertz CT molecular complexity index is 1510. The number of hydrogen-bond donors (Lipinski definition) is 6. The number of unbranched alkanes of at least 4 members (excludes halogenated alkanes) is 21. The molecule has 14 nitrogen and oxygen atoms in total. The summed E-state index contributed by atoms with van der Waals surface area (Å²) in [5.41, 5.74) is 0. The molecular formula is C67H132N6O8. The highest BCUT2D eigenvalue weighted by Crippen LogP contribution is 2.15. The molecule has 0 aliphatic heterocycles. The molecule has 0 heterocycles. The molecule has 0 fully saturated rings. The molecule has 0 radical (unpaired) electrons. The number of hydrogen-bond acceptors (Lipinski definition) is 14. The third-order valence-electron chi connectivity index (χ3n) is 14.9. The van der Waals surface area contributed by atoms with Crippen molar-refractivity contribution in [2.24, 2.45) is 0 Å². The summed E-state index contributed by atoms with van der Waals surface area (Å²) in [7, 11) is 5.29. The Labute approximate surface area is 498 Å². The van der Waals surface area contributed by atoms with E-state index in [0.717, 1.165) is 77.8 Å². The SMILES string of the molecule is C.CCCCNCCCCCCCCCC(=O)C(CCC(=O)CCC(C)=O)NC.CCCCNCCCCCCCCCC(=O)CCC(NC)C(=O)CCC(C)=O.CCCCNCCCCCCCCCC(=O)CCC(NC)C(C)=O. The van der Waals surface area contributed by atoms with Crippen molar-refractivity contribution in [3.8, 4) is 0 Å². The molecule has 0 aromatic carbocycles. The van der Waals surface area contributed by atoms with Crippen molar-refractivity contribution in [3.63, 3.8) is 0 Å². The average Bonchev–Trinajstić information content (AvgIpc) is 3.43. The molecule has 478 valence electrons. The lowest BCUT2D eigenvalue weighted by Crippen LogP contribution is -2.34. The van der Waals surface area contributed by atoms with Crippen molar-refractivity contribution in [2.45, 2.75) is 324 Å². The van der Waals surface area contributed by atoms with Gasteiger partial charge in [0.2, 0.25) is 0 Å².